The molecule has 0 aliphatic carbocycles. The molecule has 2 rings (SSSR count). The lowest BCUT2D eigenvalue weighted by molar-refractivity contribution is -0.127. The molecule has 1 aliphatic heterocycles. The third kappa shape index (κ3) is 2.32. The van der Waals surface area contributed by atoms with Crippen LogP contribution in [0.15, 0.2) is 46.7 Å². The lowest BCUT2D eigenvalue weighted by Gasteiger charge is -2.29. The highest BCUT2D eigenvalue weighted by atomic mass is 79.9. The standard InChI is InChI=1S/C13H14BrN3O/c1-3-12-16-11(8-13(18)17(12)15-2)9-6-4-5-7-10(9)14/h3-8,15-16H,1-2H3/b12-3-. The maximum Gasteiger partial charge on any atom is 0.268 e. The second kappa shape index (κ2) is 5.37. The Balaban J connectivity index is 2.43. The monoisotopic (exact) mass is 307 g/mol. The van der Waals surface area contributed by atoms with Crippen molar-refractivity contribution in [2.24, 2.45) is 0 Å². The predicted octanol–water partition coefficient (Wildman–Crippen LogP) is 2.22. The Morgan fingerprint density at radius 3 is 2.72 bits per heavy atom. The molecule has 1 heterocycles. The maximum atomic E-state index is 12.0. The summed E-state index contributed by atoms with van der Waals surface area (Å²) >= 11 is 3.48. The molecule has 2 N–H and O–H groups in total. The minimum atomic E-state index is -0.102. The number of benzene rings is 1. The number of nitrogens with one attached hydrogen (secondary N) is 2. The van der Waals surface area contributed by atoms with Crippen LogP contribution in [0, 0.1) is 0 Å². The third-order valence-corrected chi connectivity index (χ3v) is 3.34. The highest BCUT2D eigenvalue weighted by Crippen LogP contribution is 2.25. The number of carbonyl (C=O) groups excluding carboxylic acids is 1. The molecule has 1 aromatic carbocycles. The summed E-state index contributed by atoms with van der Waals surface area (Å²) < 4.78 is 0.949. The fraction of sp³-hybridized carbons (Fsp3) is 0.154. The van der Waals surface area contributed by atoms with E-state index < -0.39 is 0 Å². The van der Waals surface area contributed by atoms with Crippen LogP contribution in [0.25, 0.3) is 5.70 Å². The Hall–Kier alpha value is -1.59. The van der Waals surface area contributed by atoms with E-state index in [-0.39, 0.29) is 5.91 Å². The Morgan fingerprint density at radius 1 is 1.39 bits per heavy atom. The first kappa shape index (κ1) is 12.9. The Labute approximate surface area is 114 Å². The van der Waals surface area contributed by atoms with Gasteiger partial charge >= 0.3 is 0 Å². The first-order valence-electron chi connectivity index (χ1n) is 5.58. The number of carbonyl (C=O) groups is 1. The number of halogens is 1. The SMILES string of the molecule is C/C=C1/NC(c2ccccc2Br)=CC(=O)N1NC. The van der Waals surface area contributed by atoms with E-state index in [1.54, 1.807) is 13.1 Å². The van der Waals surface area contributed by atoms with Crippen LogP contribution in [0.3, 0.4) is 0 Å². The highest BCUT2D eigenvalue weighted by Gasteiger charge is 2.22. The number of rotatable bonds is 2. The van der Waals surface area contributed by atoms with Crippen molar-refractivity contribution in [2.75, 3.05) is 7.05 Å². The first-order chi connectivity index (χ1) is 8.67. The third-order valence-electron chi connectivity index (χ3n) is 2.65. The Morgan fingerprint density at radius 2 is 2.11 bits per heavy atom. The number of nitrogens with zero attached hydrogens (tertiary/aromatic N) is 1. The van der Waals surface area contributed by atoms with Gasteiger partial charge in [0.05, 0.1) is 5.70 Å². The summed E-state index contributed by atoms with van der Waals surface area (Å²) in [5.41, 5.74) is 4.58. The van der Waals surface area contributed by atoms with Crippen molar-refractivity contribution < 1.29 is 4.79 Å². The molecule has 1 amide bonds. The summed E-state index contributed by atoms with van der Waals surface area (Å²) in [6.07, 6.45) is 3.42. The normalized spacial score (nSPS) is 17.7. The van der Waals surface area contributed by atoms with E-state index in [0.717, 1.165) is 21.6 Å². The fourth-order valence-corrected chi connectivity index (χ4v) is 2.29. The van der Waals surface area contributed by atoms with Gasteiger partial charge in [0.1, 0.15) is 5.82 Å². The fourth-order valence-electron chi connectivity index (χ4n) is 1.79. The smallest absolute Gasteiger partial charge is 0.268 e. The van der Waals surface area contributed by atoms with Crippen molar-refractivity contribution in [1.82, 2.24) is 15.8 Å². The average Bonchev–Trinajstić information content (AvgIpc) is 2.38. The van der Waals surface area contributed by atoms with Gasteiger partial charge in [-0.15, -0.1) is 0 Å². The molecule has 1 aromatic rings. The summed E-state index contributed by atoms with van der Waals surface area (Å²) in [4.78, 5) is 12.0. The molecule has 0 spiro atoms. The van der Waals surface area contributed by atoms with E-state index in [4.69, 9.17) is 0 Å². The summed E-state index contributed by atoms with van der Waals surface area (Å²) in [5, 5.41) is 4.69. The second-order valence-electron chi connectivity index (χ2n) is 3.73. The van der Waals surface area contributed by atoms with Gasteiger partial charge in [0, 0.05) is 23.2 Å². The number of hydrogen-bond donors (Lipinski definition) is 2. The van der Waals surface area contributed by atoms with Gasteiger partial charge in [-0.25, -0.2) is 10.4 Å². The molecule has 0 fully saturated rings. The zero-order chi connectivity index (χ0) is 13.1. The van der Waals surface area contributed by atoms with Crippen molar-refractivity contribution in [1.29, 1.82) is 0 Å². The molecule has 94 valence electrons. The van der Waals surface area contributed by atoms with Crippen LogP contribution in [0.2, 0.25) is 0 Å². The molecule has 0 saturated carbocycles. The largest absolute Gasteiger partial charge is 0.340 e. The number of hydrazine groups is 1. The average molecular weight is 308 g/mol. The number of amides is 1. The molecule has 1 aliphatic rings. The van der Waals surface area contributed by atoms with E-state index in [0.29, 0.717) is 0 Å². The van der Waals surface area contributed by atoms with Gasteiger partial charge < -0.3 is 5.32 Å². The van der Waals surface area contributed by atoms with Crippen molar-refractivity contribution in [2.45, 2.75) is 6.92 Å². The molecule has 18 heavy (non-hydrogen) atoms. The van der Waals surface area contributed by atoms with Crippen LogP contribution < -0.4 is 10.7 Å². The Kier molecular flexibility index (Phi) is 3.84. The summed E-state index contributed by atoms with van der Waals surface area (Å²) in [6, 6.07) is 7.78. The molecular formula is C13H14BrN3O. The van der Waals surface area contributed by atoms with E-state index >= 15 is 0 Å². The van der Waals surface area contributed by atoms with E-state index in [2.05, 4.69) is 26.7 Å². The summed E-state index contributed by atoms with van der Waals surface area (Å²) in [5.74, 6) is 0.617. The van der Waals surface area contributed by atoms with Gasteiger partial charge in [-0.1, -0.05) is 34.1 Å². The van der Waals surface area contributed by atoms with Gasteiger partial charge in [-0.05, 0) is 19.1 Å². The van der Waals surface area contributed by atoms with Crippen LogP contribution >= 0.6 is 15.9 Å². The minimum Gasteiger partial charge on any atom is -0.340 e. The van der Waals surface area contributed by atoms with E-state index in [9.17, 15) is 4.79 Å². The molecule has 5 heteroatoms. The van der Waals surface area contributed by atoms with Crippen LogP contribution in [-0.2, 0) is 4.79 Å². The lowest BCUT2D eigenvalue weighted by Crippen LogP contribution is -2.46. The van der Waals surface area contributed by atoms with Gasteiger partial charge in [-0.2, -0.15) is 0 Å². The quantitative estimate of drug-likeness (QED) is 0.880. The van der Waals surface area contributed by atoms with Gasteiger partial charge in [0.2, 0.25) is 0 Å². The summed E-state index contributed by atoms with van der Waals surface area (Å²) in [7, 11) is 1.71. The summed E-state index contributed by atoms with van der Waals surface area (Å²) in [6.45, 7) is 1.88. The molecule has 0 bridgehead atoms. The van der Waals surface area contributed by atoms with Crippen molar-refractivity contribution in [3.05, 3.63) is 52.3 Å². The number of allylic oxidation sites excluding steroid dienone is 1. The Bertz CT molecular complexity index is 537. The van der Waals surface area contributed by atoms with Gasteiger partial charge in [0.25, 0.3) is 5.91 Å². The number of hydrogen-bond acceptors (Lipinski definition) is 3. The van der Waals surface area contributed by atoms with Gasteiger partial charge in [-0.3, -0.25) is 4.79 Å². The van der Waals surface area contributed by atoms with E-state index in [1.165, 1.54) is 5.01 Å². The topological polar surface area (TPSA) is 44.4 Å². The minimum absolute atomic E-state index is 0.102. The van der Waals surface area contributed by atoms with Crippen molar-refractivity contribution in [3.63, 3.8) is 0 Å². The van der Waals surface area contributed by atoms with Crippen LogP contribution in [0.4, 0.5) is 0 Å². The van der Waals surface area contributed by atoms with E-state index in [1.807, 2.05) is 37.3 Å². The van der Waals surface area contributed by atoms with Crippen LogP contribution in [-0.4, -0.2) is 18.0 Å². The predicted molar refractivity (Wildman–Crippen MR) is 74.9 cm³/mol. The molecule has 0 unspecified atom stereocenters. The molecule has 4 nitrogen and oxygen atoms in total. The zero-order valence-corrected chi connectivity index (χ0v) is 11.8. The van der Waals surface area contributed by atoms with Crippen LogP contribution in [0.1, 0.15) is 12.5 Å². The molecular weight excluding hydrogens is 294 g/mol. The molecule has 0 saturated heterocycles. The van der Waals surface area contributed by atoms with Crippen molar-refractivity contribution >= 4 is 27.5 Å². The molecule has 0 aromatic heterocycles. The van der Waals surface area contributed by atoms with Gasteiger partial charge in [0.15, 0.2) is 0 Å². The maximum absolute atomic E-state index is 12.0. The lowest BCUT2D eigenvalue weighted by atomic mass is 10.1. The molecule has 0 radical (unpaired) electrons. The highest BCUT2D eigenvalue weighted by molar-refractivity contribution is 9.10. The van der Waals surface area contributed by atoms with Crippen molar-refractivity contribution in [3.8, 4) is 0 Å². The van der Waals surface area contributed by atoms with Crippen LogP contribution in [0.5, 0.6) is 0 Å². The molecule has 0 atom stereocenters. The zero-order valence-electron chi connectivity index (χ0n) is 10.2. The second-order valence-corrected chi connectivity index (χ2v) is 4.59. The first-order valence-corrected chi connectivity index (χ1v) is 6.38.